The van der Waals surface area contributed by atoms with Crippen molar-refractivity contribution in [3.8, 4) is 0 Å². The fourth-order valence-electron chi connectivity index (χ4n) is 2.48. The molecule has 2 nitrogen and oxygen atoms in total. The lowest BCUT2D eigenvalue weighted by Gasteiger charge is -2.27. The molecule has 2 aliphatic rings. The third kappa shape index (κ3) is 2.43. The van der Waals surface area contributed by atoms with Gasteiger partial charge in [-0.15, -0.1) is 35.0 Å². The highest BCUT2D eigenvalue weighted by Crippen LogP contribution is 2.64. The Kier molecular flexibility index (Phi) is 3.69. The van der Waals surface area contributed by atoms with E-state index in [2.05, 4.69) is 5.32 Å². The fraction of sp³-hybridized carbons (Fsp3) is 0.500. The molecule has 1 saturated carbocycles. The maximum absolute atomic E-state index is 12.4. The minimum Gasteiger partial charge on any atom is -0.349 e. The van der Waals surface area contributed by atoms with Crippen LogP contribution in [0.2, 0.25) is 5.02 Å². The van der Waals surface area contributed by atoms with Gasteiger partial charge in [0.1, 0.15) is 4.33 Å². The zero-order valence-electron chi connectivity index (χ0n) is 10.9. The summed E-state index contributed by atoms with van der Waals surface area (Å²) >= 11 is 20.0. The van der Waals surface area contributed by atoms with Crippen LogP contribution in [-0.4, -0.2) is 16.0 Å². The molecule has 1 N–H and O–H groups in total. The van der Waals surface area contributed by atoms with E-state index in [0.717, 1.165) is 17.7 Å². The van der Waals surface area contributed by atoms with Gasteiger partial charge < -0.3 is 5.32 Å². The number of hydrogen-bond acceptors (Lipinski definition) is 2. The Morgan fingerprint density at radius 1 is 1.45 bits per heavy atom. The standard InChI is InChI=1S/C14H14Cl3NOS/c1-13(7-14(13,16)17)12(19)18-10-4-5-20-11-3-2-8(15)6-9(10)11/h2-3,6,10H,4-5,7H2,1H3,(H,18,19). The van der Waals surface area contributed by atoms with Crippen LogP contribution in [0.4, 0.5) is 0 Å². The van der Waals surface area contributed by atoms with Crippen molar-refractivity contribution < 1.29 is 4.79 Å². The van der Waals surface area contributed by atoms with Crippen molar-refractivity contribution in [1.82, 2.24) is 5.32 Å². The molecule has 2 unspecified atom stereocenters. The lowest BCUT2D eigenvalue weighted by molar-refractivity contribution is -0.126. The molecule has 3 rings (SSSR count). The van der Waals surface area contributed by atoms with Crippen molar-refractivity contribution in [2.24, 2.45) is 5.41 Å². The minimum atomic E-state index is -0.933. The predicted octanol–water partition coefficient (Wildman–Crippen LogP) is 4.58. The molecule has 0 aromatic heterocycles. The summed E-state index contributed by atoms with van der Waals surface area (Å²) in [6.45, 7) is 1.80. The first kappa shape index (κ1) is 14.8. The van der Waals surface area contributed by atoms with Gasteiger partial charge in [-0.2, -0.15) is 0 Å². The van der Waals surface area contributed by atoms with Crippen LogP contribution >= 0.6 is 46.6 Å². The summed E-state index contributed by atoms with van der Waals surface area (Å²) in [6.07, 6.45) is 1.39. The zero-order valence-corrected chi connectivity index (χ0v) is 14.0. The van der Waals surface area contributed by atoms with Gasteiger partial charge in [0.25, 0.3) is 0 Å². The normalized spacial score (nSPS) is 30.5. The molecule has 1 aliphatic carbocycles. The average Bonchev–Trinajstić information content (AvgIpc) is 2.91. The summed E-state index contributed by atoms with van der Waals surface area (Å²) in [5.74, 6) is 0.897. The van der Waals surface area contributed by atoms with E-state index in [1.807, 2.05) is 18.2 Å². The zero-order chi connectivity index (χ0) is 14.5. The van der Waals surface area contributed by atoms with Crippen LogP contribution in [0.15, 0.2) is 23.1 Å². The van der Waals surface area contributed by atoms with Gasteiger partial charge in [-0.3, -0.25) is 4.79 Å². The number of fused-ring (bicyclic) bond motifs is 1. The molecule has 0 bridgehead atoms. The molecule has 1 fully saturated rings. The van der Waals surface area contributed by atoms with Crippen molar-refractivity contribution in [2.75, 3.05) is 5.75 Å². The lowest BCUT2D eigenvalue weighted by atomic mass is 10.0. The summed E-state index contributed by atoms with van der Waals surface area (Å²) in [7, 11) is 0. The number of hydrogen-bond donors (Lipinski definition) is 1. The van der Waals surface area contributed by atoms with Crippen molar-refractivity contribution in [1.29, 1.82) is 0 Å². The van der Waals surface area contributed by atoms with Gasteiger partial charge in [0, 0.05) is 15.7 Å². The van der Waals surface area contributed by atoms with E-state index in [1.54, 1.807) is 18.7 Å². The molecule has 1 aliphatic heterocycles. The Labute approximate surface area is 137 Å². The third-order valence-electron chi connectivity index (χ3n) is 4.08. The van der Waals surface area contributed by atoms with Crippen molar-refractivity contribution in [3.05, 3.63) is 28.8 Å². The average molecular weight is 351 g/mol. The first-order chi connectivity index (χ1) is 9.33. The Morgan fingerprint density at radius 3 is 2.80 bits per heavy atom. The number of benzene rings is 1. The van der Waals surface area contributed by atoms with Crippen molar-refractivity contribution in [3.63, 3.8) is 0 Å². The molecular weight excluding hydrogens is 337 g/mol. The number of halogens is 3. The molecular formula is C14H14Cl3NOS. The van der Waals surface area contributed by atoms with Crippen LogP contribution in [-0.2, 0) is 4.79 Å². The molecule has 1 aromatic carbocycles. The van der Waals surface area contributed by atoms with E-state index < -0.39 is 9.75 Å². The van der Waals surface area contributed by atoms with E-state index in [0.29, 0.717) is 11.4 Å². The molecule has 1 amide bonds. The first-order valence-corrected chi connectivity index (χ1v) is 8.56. The smallest absolute Gasteiger partial charge is 0.229 e. The highest BCUT2D eigenvalue weighted by atomic mass is 35.5. The van der Waals surface area contributed by atoms with Crippen LogP contribution in [0.5, 0.6) is 0 Å². The summed E-state index contributed by atoms with van der Waals surface area (Å²) in [6, 6.07) is 5.80. The number of carbonyl (C=O) groups is 1. The number of alkyl halides is 2. The van der Waals surface area contributed by atoms with Gasteiger partial charge in [-0.1, -0.05) is 11.6 Å². The molecule has 0 radical (unpaired) electrons. The number of thioether (sulfide) groups is 1. The maximum Gasteiger partial charge on any atom is 0.229 e. The largest absolute Gasteiger partial charge is 0.349 e. The highest BCUT2D eigenvalue weighted by Gasteiger charge is 2.68. The molecule has 1 aromatic rings. The van der Waals surface area contributed by atoms with Gasteiger partial charge in [0.2, 0.25) is 5.91 Å². The topological polar surface area (TPSA) is 29.1 Å². The molecule has 20 heavy (non-hydrogen) atoms. The lowest BCUT2D eigenvalue weighted by Crippen LogP contribution is -2.37. The highest BCUT2D eigenvalue weighted by molar-refractivity contribution is 7.99. The number of nitrogens with one attached hydrogen (secondary N) is 1. The van der Waals surface area contributed by atoms with Crippen molar-refractivity contribution in [2.45, 2.75) is 35.0 Å². The number of rotatable bonds is 2. The molecule has 0 spiro atoms. The second kappa shape index (κ2) is 4.98. The maximum atomic E-state index is 12.4. The first-order valence-electron chi connectivity index (χ1n) is 6.44. The third-order valence-corrected chi connectivity index (χ3v) is 6.53. The van der Waals surface area contributed by atoms with Crippen LogP contribution in [0.1, 0.15) is 31.4 Å². The van der Waals surface area contributed by atoms with Crippen LogP contribution < -0.4 is 5.32 Å². The Balaban J connectivity index is 1.80. The molecule has 108 valence electrons. The molecule has 6 heteroatoms. The van der Waals surface area contributed by atoms with Gasteiger partial charge >= 0.3 is 0 Å². The van der Waals surface area contributed by atoms with Crippen LogP contribution in [0.25, 0.3) is 0 Å². The molecule has 2 atom stereocenters. The number of carbonyl (C=O) groups excluding carboxylic acids is 1. The summed E-state index contributed by atoms with van der Waals surface area (Å²) in [5, 5.41) is 3.77. The van der Waals surface area contributed by atoms with Crippen LogP contribution in [0, 0.1) is 5.41 Å². The fourth-order valence-corrected chi connectivity index (χ4v) is 4.47. The van der Waals surface area contributed by atoms with Gasteiger partial charge in [-0.05, 0) is 43.5 Å². The SMILES string of the molecule is CC1(C(=O)NC2CCSc3ccc(Cl)cc32)CC1(Cl)Cl. The minimum absolute atomic E-state index is 0.0148. The summed E-state index contributed by atoms with van der Waals surface area (Å²) < 4.78 is -0.933. The summed E-state index contributed by atoms with van der Waals surface area (Å²) in [5.41, 5.74) is 0.403. The summed E-state index contributed by atoms with van der Waals surface area (Å²) in [4.78, 5) is 13.6. The van der Waals surface area contributed by atoms with E-state index >= 15 is 0 Å². The Morgan fingerprint density at radius 2 is 2.15 bits per heavy atom. The second-order valence-electron chi connectivity index (χ2n) is 5.56. The van der Waals surface area contributed by atoms with Gasteiger partial charge in [0.15, 0.2) is 0 Å². The predicted molar refractivity (Wildman–Crippen MR) is 84.8 cm³/mol. The van der Waals surface area contributed by atoms with E-state index in [-0.39, 0.29) is 11.9 Å². The monoisotopic (exact) mass is 349 g/mol. The quantitative estimate of drug-likeness (QED) is 0.791. The van der Waals surface area contributed by atoms with E-state index in [9.17, 15) is 4.79 Å². The Bertz CT molecular complexity index is 578. The van der Waals surface area contributed by atoms with Crippen LogP contribution in [0.3, 0.4) is 0 Å². The molecule has 0 saturated heterocycles. The van der Waals surface area contributed by atoms with Crippen molar-refractivity contribution >= 4 is 52.5 Å². The van der Waals surface area contributed by atoms with Gasteiger partial charge in [0.05, 0.1) is 11.5 Å². The molecule has 1 heterocycles. The number of amides is 1. The van der Waals surface area contributed by atoms with Gasteiger partial charge in [-0.25, -0.2) is 0 Å². The van der Waals surface area contributed by atoms with E-state index in [1.165, 1.54) is 4.90 Å². The second-order valence-corrected chi connectivity index (χ2v) is 8.62. The Hall–Kier alpha value is -0.0900. The van der Waals surface area contributed by atoms with E-state index in [4.69, 9.17) is 34.8 Å².